The molecule has 0 unspecified atom stereocenters. The summed E-state index contributed by atoms with van der Waals surface area (Å²) in [7, 11) is 0. The van der Waals surface area contributed by atoms with Gasteiger partial charge in [0, 0.05) is 10.0 Å². The number of halogens is 1. The van der Waals surface area contributed by atoms with Gasteiger partial charge >= 0.3 is 6.03 Å². The molecule has 2 aromatic carbocycles. The van der Waals surface area contributed by atoms with E-state index < -0.39 is 17.8 Å². The molecule has 7 heteroatoms. The van der Waals surface area contributed by atoms with Crippen molar-refractivity contribution in [1.82, 2.24) is 5.32 Å². The van der Waals surface area contributed by atoms with Crippen LogP contribution in [-0.2, 0) is 9.59 Å². The maximum atomic E-state index is 12.8. The molecule has 0 bridgehead atoms. The van der Waals surface area contributed by atoms with Crippen molar-refractivity contribution in [3.05, 3.63) is 82.5 Å². The molecule has 4 amide bonds. The number of rotatable bonds is 3. The van der Waals surface area contributed by atoms with Gasteiger partial charge in [0.25, 0.3) is 11.8 Å². The summed E-state index contributed by atoms with van der Waals surface area (Å²) in [5.41, 5.74) is 1.04. The first-order valence-electron chi connectivity index (χ1n) is 8.35. The van der Waals surface area contributed by atoms with Crippen LogP contribution in [0.2, 0.25) is 0 Å². The van der Waals surface area contributed by atoms with E-state index in [1.165, 1.54) is 6.08 Å². The van der Waals surface area contributed by atoms with Crippen LogP contribution in [0.5, 0.6) is 0 Å². The van der Waals surface area contributed by atoms with E-state index in [4.69, 9.17) is 4.42 Å². The largest absolute Gasteiger partial charge is 0.457 e. The highest BCUT2D eigenvalue weighted by molar-refractivity contribution is 9.10. The number of carbonyl (C=O) groups excluding carboxylic acids is 3. The van der Waals surface area contributed by atoms with Gasteiger partial charge in [-0.15, -0.1) is 0 Å². The lowest BCUT2D eigenvalue weighted by Crippen LogP contribution is -2.54. The third kappa shape index (κ3) is 3.39. The fourth-order valence-corrected chi connectivity index (χ4v) is 3.08. The number of carbonyl (C=O) groups is 3. The molecule has 138 valence electrons. The predicted octanol–water partition coefficient (Wildman–Crippen LogP) is 4.38. The van der Waals surface area contributed by atoms with Crippen LogP contribution in [0.15, 0.2) is 81.2 Å². The van der Waals surface area contributed by atoms with Crippen molar-refractivity contribution in [2.45, 2.75) is 0 Å². The Bertz CT molecular complexity index is 1100. The summed E-state index contributed by atoms with van der Waals surface area (Å²) in [4.78, 5) is 38.2. The Balaban J connectivity index is 1.67. The van der Waals surface area contributed by atoms with Crippen LogP contribution in [0.3, 0.4) is 0 Å². The van der Waals surface area contributed by atoms with Crippen LogP contribution < -0.4 is 10.2 Å². The molecule has 28 heavy (non-hydrogen) atoms. The Morgan fingerprint density at radius 1 is 0.893 bits per heavy atom. The summed E-state index contributed by atoms with van der Waals surface area (Å²) in [6.07, 6.45) is 1.34. The number of barbiturate groups is 1. The van der Waals surface area contributed by atoms with Crippen LogP contribution in [0.1, 0.15) is 5.76 Å². The third-order valence-corrected chi connectivity index (χ3v) is 4.69. The molecule has 0 aliphatic carbocycles. The first-order valence-corrected chi connectivity index (χ1v) is 9.14. The lowest BCUT2D eigenvalue weighted by molar-refractivity contribution is -0.122. The molecule has 1 aliphatic rings. The maximum absolute atomic E-state index is 12.8. The number of benzene rings is 2. The molecule has 1 N–H and O–H groups in total. The molecule has 0 atom stereocenters. The summed E-state index contributed by atoms with van der Waals surface area (Å²) in [5, 5.41) is 2.19. The maximum Gasteiger partial charge on any atom is 0.335 e. The van der Waals surface area contributed by atoms with Gasteiger partial charge in [-0.3, -0.25) is 14.9 Å². The fourth-order valence-electron chi connectivity index (χ4n) is 2.81. The SMILES string of the molecule is O=C1NC(=O)N(c2ccc(Br)cc2)C(=O)/C1=C\c1ccc(-c2ccccc2)o1. The number of amides is 4. The smallest absolute Gasteiger partial charge is 0.335 e. The van der Waals surface area contributed by atoms with Gasteiger partial charge in [0.1, 0.15) is 17.1 Å². The van der Waals surface area contributed by atoms with Gasteiger partial charge in [0.15, 0.2) is 0 Å². The van der Waals surface area contributed by atoms with Crippen molar-refractivity contribution in [2.75, 3.05) is 4.90 Å². The zero-order chi connectivity index (χ0) is 19.7. The molecule has 3 aromatic rings. The number of nitrogens with zero attached hydrogens (tertiary/aromatic N) is 1. The monoisotopic (exact) mass is 436 g/mol. The zero-order valence-electron chi connectivity index (χ0n) is 14.4. The number of urea groups is 1. The zero-order valence-corrected chi connectivity index (χ0v) is 16.0. The first kappa shape index (κ1) is 17.9. The quantitative estimate of drug-likeness (QED) is 0.488. The Morgan fingerprint density at radius 3 is 2.32 bits per heavy atom. The highest BCUT2D eigenvalue weighted by Gasteiger charge is 2.37. The molecule has 2 heterocycles. The molecular formula is C21H13BrN2O4. The molecule has 0 spiro atoms. The van der Waals surface area contributed by atoms with Crippen LogP contribution in [0, 0.1) is 0 Å². The van der Waals surface area contributed by atoms with Crippen molar-refractivity contribution in [3.8, 4) is 11.3 Å². The molecule has 1 fully saturated rings. The van der Waals surface area contributed by atoms with E-state index in [9.17, 15) is 14.4 Å². The topological polar surface area (TPSA) is 79.6 Å². The van der Waals surface area contributed by atoms with Crippen molar-refractivity contribution < 1.29 is 18.8 Å². The Labute approximate surface area is 168 Å². The lowest BCUT2D eigenvalue weighted by atomic mass is 10.1. The van der Waals surface area contributed by atoms with Gasteiger partial charge in [-0.25, -0.2) is 9.69 Å². The summed E-state index contributed by atoms with van der Waals surface area (Å²) in [5.74, 6) is -0.533. The van der Waals surface area contributed by atoms with Crippen molar-refractivity contribution in [3.63, 3.8) is 0 Å². The molecule has 6 nitrogen and oxygen atoms in total. The summed E-state index contributed by atoms with van der Waals surface area (Å²) < 4.78 is 6.54. The highest BCUT2D eigenvalue weighted by atomic mass is 79.9. The summed E-state index contributed by atoms with van der Waals surface area (Å²) >= 11 is 3.31. The second kappa shape index (κ2) is 7.28. The van der Waals surface area contributed by atoms with E-state index in [2.05, 4.69) is 21.2 Å². The standard InChI is InChI=1S/C21H13BrN2O4/c22-14-6-8-15(9-7-14)24-20(26)17(19(25)23-21(24)27)12-16-10-11-18(28-16)13-4-2-1-3-5-13/h1-12H,(H,23,25,27)/b17-12-. The minimum Gasteiger partial charge on any atom is -0.457 e. The minimum atomic E-state index is -0.793. The Morgan fingerprint density at radius 2 is 1.61 bits per heavy atom. The van der Waals surface area contributed by atoms with E-state index >= 15 is 0 Å². The first-order chi connectivity index (χ1) is 13.5. The lowest BCUT2D eigenvalue weighted by Gasteiger charge is -2.26. The number of hydrogen-bond donors (Lipinski definition) is 1. The third-order valence-electron chi connectivity index (χ3n) is 4.16. The van der Waals surface area contributed by atoms with Gasteiger partial charge in [-0.05, 0) is 42.5 Å². The number of imide groups is 2. The van der Waals surface area contributed by atoms with Crippen LogP contribution in [0.4, 0.5) is 10.5 Å². The van der Waals surface area contributed by atoms with E-state index in [-0.39, 0.29) is 5.57 Å². The second-order valence-corrected chi connectivity index (χ2v) is 6.92. The number of hydrogen-bond acceptors (Lipinski definition) is 4. The average molecular weight is 437 g/mol. The van der Waals surface area contributed by atoms with E-state index in [0.717, 1.165) is 14.9 Å². The molecular weight excluding hydrogens is 424 g/mol. The van der Waals surface area contributed by atoms with Crippen molar-refractivity contribution in [2.24, 2.45) is 0 Å². The Hall–Kier alpha value is -3.45. The average Bonchev–Trinajstić information content (AvgIpc) is 3.16. The van der Waals surface area contributed by atoms with Crippen LogP contribution >= 0.6 is 15.9 Å². The Kier molecular flexibility index (Phi) is 4.67. The molecule has 4 rings (SSSR count). The number of nitrogens with one attached hydrogen (secondary N) is 1. The van der Waals surface area contributed by atoms with Crippen molar-refractivity contribution in [1.29, 1.82) is 0 Å². The van der Waals surface area contributed by atoms with E-state index in [0.29, 0.717) is 17.2 Å². The number of anilines is 1. The van der Waals surface area contributed by atoms with Crippen LogP contribution in [0.25, 0.3) is 17.4 Å². The van der Waals surface area contributed by atoms with Gasteiger partial charge in [-0.1, -0.05) is 46.3 Å². The predicted molar refractivity (Wildman–Crippen MR) is 107 cm³/mol. The fraction of sp³-hybridized carbons (Fsp3) is 0. The van der Waals surface area contributed by atoms with Gasteiger partial charge < -0.3 is 4.42 Å². The minimum absolute atomic E-state index is 0.184. The summed E-state index contributed by atoms with van der Waals surface area (Å²) in [6.45, 7) is 0. The van der Waals surface area contributed by atoms with Gasteiger partial charge in [0.2, 0.25) is 0 Å². The normalized spacial score (nSPS) is 15.8. The van der Waals surface area contributed by atoms with E-state index in [1.54, 1.807) is 36.4 Å². The van der Waals surface area contributed by atoms with Crippen LogP contribution in [-0.4, -0.2) is 17.8 Å². The molecule has 1 aromatic heterocycles. The molecule has 0 saturated carbocycles. The van der Waals surface area contributed by atoms with Gasteiger partial charge in [-0.2, -0.15) is 0 Å². The van der Waals surface area contributed by atoms with Gasteiger partial charge in [0.05, 0.1) is 5.69 Å². The highest BCUT2D eigenvalue weighted by Crippen LogP contribution is 2.26. The molecule has 1 aliphatic heterocycles. The van der Waals surface area contributed by atoms with E-state index in [1.807, 2.05) is 30.3 Å². The van der Waals surface area contributed by atoms with Crippen molar-refractivity contribution >= 4 is 45.5 Å². The summed E-state index contributed by atoms with van der Waals surface area (Å²) in [6, 6.07) is 18.7. The molecule has 1 saturated heterocycles. The molecule has 0 radical (unpaired) electrons. The number of furan rings is 1. The second-order valence-electron chi connectivity index (χ2n) is 6.00.